The molecule has 2 unspecified atom stereocenters. The molecule has 2 N–H and O–H groups in total. The van der Waals surface area contributed by atoms with Gasteiger partial charge in [0.1, 0.15) is 0 Å². The smallest absolute Gasteiger partial charge is 0.163 e. The number of Topliss-reactive ketones (excluding diaryl/α,β-unsaturated/α-hetero) is 1. The monoisotopic (exact) mass is 341 g/mol. The average molecular weight is 342 g/mol. The number of ketones is 1. The molecule has 1 saturated carbocycles. The Morgan fingerprint density at radius 2 is 2.00 bits per heavy atom. The van der Waals surface area contributed by atoms with Gasteiger partial charge in [-0.2, -0.15) is 0 Å². The van der Waals surface area contributed by atoms with Gasteiger partial charge in [0.25, 0.3) is 0 Å². The van der Waals surface area contributed by atoms with E-state index in [4.69, 9.17) is 23.2 Å². The van der Waals surface area contributed by atoms with E-state index in [-0.39, 0.29) is 17.2 Å². The molecule has 2 rings (SSSR count). The van der Waals surface area contributed by atoms with Gasteiger partial charge in [-0.05, 0) is 56.9 Å². The lowest BCUT2D eigenvalue weighted by atomic mass is 9.79. The SMILES string of the molecule is CC(C)(C)N/C=C1\C(=O)CC(c2cc(Cl)ccc2Cl)CC1O. The summed E-state index contributed by atoms with van der Waals surface area (Å²) in [5.74, 6) is -0.169. The maximum Gasteiger partial charge on any atom is 0.163 e. The molecule has 0 heterocycles. The lowest BCUT2D eigenvalue weighted by molar-refractivity contribution is -0.118. The summed E-state index contributed by atoms with van der Waals surface area (Å²) in [7, 11) is 0. The normalized spacial score (nSPS) is 24.6. The minimum Gasteiger partial charge on any atom is -0.388 e. The van der Waals surface area contributed by atoms with Crippen LogP contribution in [0.15, 0.2) is 30.0 Å². The van der Waals surface area contributed by atoms with Crippen LogP contribution in [0.1, 0.15) is 45.1 Å². The number of aliphatic hydroxyl groups is 1. The van der Waals surface area contributed by atoms with Gasteiger partial charge in [0.15, 0.2) is 5.78 Å². The average Bonchev–Trinajstić information content (AvgIpc) is 2.39. The largest absolute Gasteiger partial charge is 0.388 e. The molecule has 0 bridgehead atoms. The van der Waals surface area contributed by atoms with E-state index in [0.29, 0.717) is 28.5 Å². The van der Waals surface area contributed by atoms with Crippen molar-refractivity contribution in [3.8, 4) is 0 Å². The molecule has 120 valence electrons. The molecule has 1 aliphatic rings. The molecule has 0 radical (unpaired) electrons. The number of rotatable bonds is 2. The van der Waals surface area contributed by atoms with Crippen molar-refractivity contribution in [3.63, 3.8) is 0 Å². The number of carbonyl (C=O) groups excluding carboxylic acids is 1. The zero-order valence-corrected chi connectivity index (χ0v) is 14.5. The van der Waals surface area contributed by atoms with Crippen LogP contribution in [0.3, 0.4) is 0 Å². The maximum atomic E-state index is 12.4. The van der Waals surface area contributed by atoms with E-state index in [2.05, 4.69) is 5.32 Å². The predicted octanol–water partition coefficient (Wildman–Crippen LogP) is 4.07. The molecule has 2 atom stereocenters. The van der Waals surface area contributed by atoms with Crippen LogP contribution < -0.4 is 5.32 Å². The van der Waals surface area contributed by atoms with Crippen molar-refractivity contribution in [2.75, 3.05) is 0 Å². The van der Waals surface area contributed by atoms with Gasteiger partial charge in [-0.25, -0.2) is 0 Å². The molecule has 0 saturated heterocycles. The first kappa shape index (κ1) is 17.3. The van der Waals surface area contributed by atoms with Gasteiger partial charge in [-0.3, -0.25) is 4.79 Å². The first-order chi connectivity index (χ1) is 10.2. The van der Waals surface area contributed by atoms with Crippen molar-refractivity contribution in [1.82, 2.24) is 5.32 Å². The van der Waals surface area contributed by atoms with Crippen LogP contribution in [-0.2, 0) is 4.79 Å². The van der Waals surface area contributed by atoms with E-state index in [1.54, 1.807) is 24.4 Å². The fraction of sp³-hybridized carbons (Fsp3) is 0.471. The minimum atomic E-state index is -0.795. The number of nitrogens with one attached hydrogen (secondary N) is 1. The highest BCUT2D eigenvalue weighted by Gasteiger charge is 2.32. The van der Waals surface area contributed by atoms with E-state index in [9.17, 15) is 9.90 Å². The number of halogens is 2. The molecular formula is C17H21Cl2NO2. The zero-order chi connectivity index (χ0) is 16.5. The lowest BCUT2D eigenvalue weighted by Crippen LogP contribution is -2.35. The first-order valence-electron chi connectivity index (χ1n) is 7.31. The third-order valence-electron chi connectivity index (χ3n) is 3.68. The van der Waals surface area contributed by atoms with E-state index in [0.717, 1.165) is 5.56 Å². The van der Waals surface area contributed by atoms with Crippen LogP contribution in [0.25, 0.3) is 0 Å². The summed E-state index contributed by atoms with van der Waals surface area (Å²) >= 11 is 12.2. The quantitative estimate of drug-likeness (QED) is 0.797. The Kier molecular flexibility index (Phi) is 5.21. The predicted molar refractivity (Wildman–Crippen MR) is 90.4 cm³/mol. The van der Waals surface area contributed by atoms with Crippen molar-refractivity contribution in [1.29, 1.82) is 0 Å². The summed E-state index contributed by atoms with van der Waals surface area (Å²) in [6.07, 6.45) is 1.64. The van der Waals surface area contributed by atoms with Crippen molar-refractivity contribution >= 4 is 29.0 Å². The van der Waals surface area contributed by atoms with E-state index in [1.165, 1.54) is 0 Å². The minimum absolute atomic E-state index is 0.0588. The fourth-order valence-electron chi connectivity index (χ4n) is 2.54. The highest BCUT2D eigenvalue weighted by Crippen LogP contribution is 2.38. The summed E-state index contributed by atoms with van der Waals surface area (Å²) < 4.78 is 0. The molecule has 1 aliphatic carbocycles. The first-order valence-corrected chi connectivity index (χ1v) is 8.07. The standard InChI is InChI=1S/C17H21Cl2NO2/c1-17(2,3)20-9-13-15(21)6-10(7-16(13)22)12-8-11(18)4-5-14(12)19/h4-5,8-10,15,20-21H,6-7H2,1-3H3/b13-9-. The Bertz CT molecular complexity index is 605. The van der Waals surface area contributed by atoms with Gasteiger partial charge in [-0.1, -0.05) is 23.2 Å². The Labute approximate surface area is 141 Å². The Morgan fingerprint density at radius 3 is 2.59 bits per heavy atom. The second-order valence-electron chi connectivity index (χ2n) is 6.74. The van der Waals surface area contributed by atoms with Gasteiger partial charge >= 0.3 is 0 Å². The van der Waals surface area contributed by atoms with Crippen LogP contribution in [0.5, 0.6) is 0 Å². The van der Waals surface area contributed by atoms with Gasteiger partial charge < -0.3 is 10.4 Å². The fourth-order valence-corrected chi connectivity index (χ4v) is 2.99. The van der Waals surface area contributed by atoms with Crippen LogP contribution >= 0.6 is 23.2 Å². The van der Waals surface area contributed by atoms with Gasteiger partial charge in [-0.15, -0.1) is 0 Å². The number of aliphatic hydroxyl groups excluding tert-OH is 1. The molecule has 5 heteroatoms. The number of hydrogen-bond donors (Lipinski definition) is 2. The second-order valence-corrected chi connectivity index (χ2v) is 7.58. The number of benzene rings is 1. The third-order valence-corrected chi connectivity index (χ3v) is 4.26. The number of hydrogen-bond acceptors (Lipinski definition) is 3. The highest BCUT2D eigenvalue weighted by atomic mass is 35.5. The summed E-state index contributed by atoms with van der Waals surface area (Å²) in [6, 6.07) is 5.21. The Balaban J connectivity index is 2.20. The van der Waals surface area contributed by atoms with Gasteiger partial charge in [0, 0.05) is 33.8 Å². The van der Waals surface area contributed by atoms with Crippen molar-refractivity contribution in [2.24, 2.45) is 0 Å². The molecule has 1 fully saturated rings. The molecule has 1 aromatic rings. The zero-order valence-electron chi connectivity index (χ0n) is 13.0. The highest BCUT2D eigenvalue weighted by molar-refractivity contribution is 6.33. The maximum absolute atomic E-state index is 12.4. The Morgan fingerprint density at radius 1 is 1.32 bits per heavy atom. The molecule has 0 aromatic heterocycles. The van der Waals surface area contributed by atoms with Gasteiger partial charge in [0.2, 0.25) is 0 Å². The summed E-state index contributed by atoms with van der Waals surface area (Å²) in [5.41, 5.74) is 1.11. The molecule has 3 nitrogen and oxygen atoms in total. The van der Waals surface area contributed by atoms with Gasteiger partial charge in [0.05, 0.1) is 6.10 Å². The summed E-state index contributed by atoms with van der Waals surface area (Å²) in [4.78, 5) is 12.4. The molecule has 0 amide bonds. The van der Waals surface area contributed by atoms with E-state index >= 15 is 0 Å². The topological polar surface area (TPSA) is 49.3 Å². The van der Waals surface area contributed by atoms with Crippen molar-refractivity contribution < 1.29 is 9.90 Å². The molecule has 0 aliphatic heterocycles. The van der Waals surface area contributed by atoms with Crippen LogP contribution in [0.4, 0.5) is 0 Å². The van der Waals surface area contributed by atoms with E-state index < -0.39 is 6.10 Å². The molecule has 1 aromatic carbocycles. The van der Waals surface area contributed by atoms with Crippen molar-refractivity contribution in [2.45, 2.75) is 51.2 Å². The molecule has 0 spiro atoms. The summed E-state index contributed by atoms with van der Waals surface area (Å²) in [5, 5.41) is 14.6. The second kappa shape index (κ2) is 6.61. The van der Waals surface area contributed by atoms with Crippen molar-refractivity contribution in [3.05, 3.63) is 45.6 Å². The molecule has 22 heavy (non-hydrogen) atoms. The van der Waals surface area contributed by atoms with Crippen LogP contribution in [0.2, 0.25) is 10.0 Å². The number of carbonyl (C=O) groups is 1. The van der Waals surface area contributed by atoms with E-state index in [1.807, 2.05) is 20.8 Å². The van der Waals surface area contributed by atoms with Crippen LogP contribution in [0, 0.1) is 0 Å². The lowest BCUT2D eigenvalue weighted by Gasteiger charge is -2.29. The summed E-state index contributed by atoms with van der Waals surface area (Å²) in [6.45, 7) is 5.99. The third kappa shape index (κ3) is 4.25. The van der Waals surface area contributed by atoms with Crippen LogP contribution in [-0.4, -0.2) is 22.5 Å². The molecular weight excluding hydrogens is 321 g/mol. The Hall–Kier alpha value is -1.03.